The zero-order chi connectivity index (χ0) is 12.2. The van der Waals surface area contributed by atoms with Crippen molar-refractivity contribution >= 4 is 6.34 Å². The van der Waals surface area contributed by atoms with Gasteiger partial charge in [0.05, 0.1) is 19.9 Å². The summed E-state index contributed by atoms with van der Waals surface area (Å²) in [5.41, 5.74) is 5.22. The molecule has 0 atom stereocenters. The van der Waals surface area contributed by atoms with Crippen LogP contribution in [0.3, 0.4) is 0 Å². The second-order valence-corrected chi connectivity index (χ2v) is 6.14. The van der Waals surface area contributed by atoms with Crippen LogP contribution in [0, 0.1) is 0 Å². The molecule has 0 radical (unpaired) electrons. The Bertz CT molecular complexity index is 250. The zero-order valence-corrected chi connectivity index (χ0v) is 11.3. The molecule has 0 unspecified atom stereocenters. The lowest BCUT2D eigenvalue weighted by atomic mass is 10.1. The minimum Gasteiger partial charge on any atom is -0.390 e. The second kappa shape index (κ2) is 5.36. The molecule has 0 amide bonds. The molecule has 0 aromatic heterocycles. The third kappa shape index (κ3) is 3.19. The summed E-state index contributed by atoms with van der Waals surface area (Å²) in [4.78, 5) is 4.06. The van der Waals surface area contributed by atoms with Gasteiger partial charge in [-0.3, -0.25) is 4.99 Å². The van der Waals surface area contributed by atoms with E-state index >= 15 is 0 Å². The summed E-state index contributed by atoms with van der Waals surface area (Å²) in [6.07, 6.45) is 5.30. The number of quaternary nitrogens is 2. The van der Waals surface area contributed by atoms with Crippen molar-refractivity contribution < 1.29 is 8.97 Å². The first kappa shape index (κ1) is 12.8. The van der Waals surface area contributed by atoms with Crippen LogP contribution in [-0.4, -0.2) is 74.7 Å². The molecular weight excluding hydrogens is 212 g/mol. The summed E-state index contributed by atoms with van der Waals surface area (Å²) in [6.45, 7) is 10.7. The smallest absolute Gasteiger partial charge is 0.129 e. The number of fused-ring (bicyclic) bond motifs is 3. The maximum Gasteiger partial charge on any atom is 0.129 e. The van der Waals surface area contributed by atoms with Crippen LogP contribution in [0.5, 0.6) is 0 Å². The molecule has 0 aromatic rings. The molecule has 17 heavy (non-hydrogen) atoms. The predicted molar refractivity (Wildman–Crippen MR) is 71.9 cm³/mol. The number of rotatable bonds is 6. The van der Waals surface area contributed by atoms with Gasteiger partial charge in [0.15, 0.2) is 0 Å². The van der Waals surface area contributed by atoms with Crippen LogP contribution in [0.15, 0.2) is 4.99 Å². The number of likely N-dealkylation sites (N-methyl/N-ethyl adjacent to an activating group) is 1. The lowest BCUT2D eigenvalue weighted by Crippen LogP contribution is -2.73. The van der Waals surface area contributed by atoms with Gasteiger partial charge in [-0.05, 0) is 19.3 Å². The molecule has 2 N–H and O–H groups in total. The number of aliphatic imine (C=N–C) groups is 1. The summed E-state index contributed by atoms with van der Waals surface area (Å²) >= 11 is 0. The highest BCUT2D eigenvalue weighted by Crippen LogP contribution is 2.25. The highest BCUT2D eigenvalue weighted by Gasteiger charge is 2.45. The number of hydrogen-bond acceptors (Lipinski definition) is 1. The molecule has 3 aliphatic rings. The zero-order valence-electron chi connectivity index (χ0n) is 11.3. The van der Waals surface area contributed by atoms with E-state index in [0.717, 1.165) is 6.54 Å². The Hall–Kier alpha value is -0.610. The third-order valence-corrected chi connectivity index (χ3v) is 4.87. The van der Waals surface area contributed by atoms with Crippen LogP contribution in [0.4, 0.5) is 0 Å². The maximum absolute atomic E-state index is 5.22. The van der Waals surface area contributed by atoms with Gasteiger partial charge < -0.3 is 14.7 Å². The average molecular weight is 240 g/mol. The number of hydrogen-bond donors (Lipinski definition) is 1. The quantitative estimate of drug-likeness (QED) is 0.311. The van der Waals surface area contributed by atoms with Crippen molar-refractivity contribution in [3.05, 3.63) is 0 Å². The standard InChI is InChI=1S/C13H28N4/c1-16-7-10-17(11-8-16,12-9-16)6-4-2-3-5-15-13-14/h13H,2-12H2,1H3,(H2,14,15)/q+2. The Morgan fingerprint density at radius 3 is 2.24 bits per heavy atom. The molecule has 3 rings (SSSR count). The molecule has 2 bridgehead atoms. The Kier molecular flexibility index (Phi) is 4.05. The molecule has 0 aliphatic carbocycles. The summed E-state index contributed by atoms with van der Waals surface area (Å²) in [7, 11) is 2.43. The topological polar surface area (TPSA) is 38.4 Å². The van der Waals surface area contributed by atoms with E-state index in [1.807, 2.05) is 0 Å². The normalized spacial score (nSPS) is 36.8. The third-order valence-electron chi connectivity index (χ3n) is 4.87. The fourth-order valence-electron chi connectivity index (χ4n) is 3.27. The molecule has 98 valence electrons. The van der Waals surface area contributed by atoms with Gasteiger partial charge >= 0.3 is 0 Å². The molecule has 3 aliphatic heterocycles. The van der Waals surface area contributed by atoms with Gasteiger partial charge in [0.2, 0.25) is 0 Å². The van der Waals surface area contributed by atoms with E-state index in [0.29, 0.717) is 0 Å². The Morgan fingerprint density at radius 2 is 1.65 bits per heavy atom. The first-order valence-electron chi connectivity index (χ1n) is 7.07. The van der Waals surface area contributed by atoms with Crippen LogP contribution in [0.1, 0.15) is 19.3 Å². The Balaban J connectivity index is 1.66. The minimum atomic E-state index is 0.908. The average Bonchev–Trinajstić information content (AvgIpc) is 2.36. The SMILES string of the molecule is C[N+]12CC[N+](CCCCCN=CN)(CC1)CC2. The molecule has 3 heterocycles. The van der Waals surface area contributed by atoms with Crippen molar-refractivity contribution in [1.29, 1.82) is 0 Å². The molecule has 0 spiro atoms. The molecule has 3 fully saturated rings. The van der Waals surface area contributed by atoms with Crippen molar-refractivity contribution in [3.8, 4) is 0 Å². The van der Waals surface area contributed by atoms with Gasteiger partial charge in [0.25, 0.3) is 0 Å². The largest absolute Gasteiger partial charge is 0.390 e. The summed E-state index contributed by atoms with van der Waals surface area (Å²) < 4.78 is 2.75. The van der Waals surface area contributed by atoms with Crippen LogP contribution < -0.4 is 5.73 Å². The van der Waals surface area contributed by atoms with E-state index < -0.39 is 0 Å². The summed E-state index contributed by atoms with van der Waals surface area (Å²) in [5.74, 6) is 0. The molecule has 4 nitrogen and oxygen atoms in total. The number of nitrogens with two attached hydrogens (primary N) is 1. The number of nitrogens with zero attached hydrogens (tertiary/aromatic N) is 3. The van der Waals surface area contributed by atoms with E-state index in [2.05, 4.69) is 12.0 Å². The van der Waals surface area contributed by atoms with Crippen LogP contribution in [0.25, 0.3) is 0 Å². The maximum atomic E-state index is 5.22. The fourth-order valence-corrected chi connectivity index (χ4v) is 3.27. The monoisotopic (exact) mass is 240 g/mol. The molecule has 3 saturated heterocycles. The second-order valence-electron chi connectivity index (χ2n) is 6.14. The van der Waals surface area contributed by atoms with Crippen LogP contribution in [-0.2, 0) is 0 Å². The predicted octanol–water partition coefficient (Wildman–Crippen LogP) is 0.434. The molecule has 0 saturated carbocycles. The van der Waals surface area contributed by atoms with Gasteiger partial charge in [-0.2, -0.15) is 0 Å². The first-order chi connectivity index (χ1) is 8.18. The first-order valence-corrected chi connectivity index (χ1v) is 7.07. The lowest BCUT2D eigenvalue weighted by molar-refractivity contribution is -1.07. The van der Waals surface area contributed by atoms with E-state index in [-0.39, 0.29) is 0 Å². The summed E-state index contributed by atoms with van der Waals surface area (Å²) in [6, 6.07) is 0. The van der Waals surface area contributed by atoms with Crippen LogP contribution in [0.2, 0.25) is 0 Å². The van der Waals surface area contributed by atoms with Gasteiger partial charge in [0, 0.05) is 6.54 Å². The number of unbranched alkanes of at least 4 members (excludes halogenated alkanes) is 2. The highest BCUT2D eigenvalue weighted by atomic mass is 15.5. The van der Waals surface area contributed by atoms with Crippen molar-refractivity contribution in [2.75, 3.05) is 59.4 Å². The van der Waals surface area contributed by atoms with Crippen LogP contribution >= 0.6 is 0 Å². The van der Waals surface area contributed by atoms with Gasteiger partial charge in [0.1, 0.15) is 39.3 Å². The van der Waals surface area contributed by atoms with Gasteiger partial charge in [-0.25, -0.2) is 0 Å². The molecule has 0 aromatic carbocycles. The number of piperazine rings is 3. The van der Waals surface area contributed by atoms with Crippen molar-refractivity contribution in [1.82, 2.24) is 0 Å². The molecular formula is C13H28N4+2. The van der Waals surface area contributed by atoms with Crippen molar-refractivity contribution in [2.24, 2.45) is 10.7 Å². The Morgan fingerprint density at radius 1 is 1.00 bits per heavy atom. The van der Waals surface area contributed by atoms with Gasteiger partial charge in [-0.15, -0.1) is 0 Å². The van der Waals surface area contributed by atoms with E-state index in [4.69, 9.17) is 5.73 Å². The van der Waals surface area contributed by atoms with Crippen molar-refractivity contribution in [3.63, 3.8) is 0 Å². The highest BCUT2D eigenvalue weighted by molar-refractivity contribution is 5.50. The van der Waals surface area contributed by atoms with Gasteiger partial charge in [-0.1, -0.05) is 0 Å². The summed E-state index contributed by atoms with van der Waals surface area (Å²) in [5, 5.41) is 0. The minimum absolute atomic E-state index is 0.908. The molecule has 4 heteroatoms. The van der Waals surface area contributed by atoms with Crippen molar-refractivity contribution in [2.45, 2.75) is 19.3 Å². The van der Waals surface area contributed by atoms with E-state index in [1.54, 1.807) is 0 Å². The van der Waals surface area contributed by atoms with E-state index in [9.17, 15) is 0 Å². The lowest BCUT2D eigenvalue weighted by Gasteiger charge is -2.54. The fraction of sp³-hybridized carbons (Fsp3) is 0.923. The van der Waals surface area contributed by atoms with E-state index in [1.165, 1.54) is 80.4 Å². The Labute approximate surface area is 105 Å².